The Morgan fingerprint density at radius 3 is 2.76 bits per heavy atom. The summed E-state index contributed by atoms with van der Waals surface area (Å²) in [6.07, 6.45) is 14.8. The van der Waals surface area contributed by atoms with Crippen molar-refractivity contribution in [1.29, 1.82) is 5.41 Å². The number of aromatic amines is 1. The van der Waals surface area contributed by atoms with E-state index < -0.39 is 0 Å². The Balaban J connectivity index is 1.37. The Kier molecular flexibility index (Phi) is 4.78. The van der Waals surface area contributed by atoms with Crippen molar-refractivity contribution in [1.82, 2.24) is 25.4 Å². The van der Waals surface area contributed by atoms with E-state index in [1.807, 2.05) is 12.3 Å². The van der Waals surface area contributed by atoms with Gasteiger partial charge in [-0.25, -0.2) is 0 Å². The van der Waals surface area contributed by atoms with Crippen LogP contribution in [-0.4, -0.2) is 51.5 Å². The maximum atomic E-state index is 7.74. The second-order valence-corrected chi connectivity index (χ2v) is 7.19. The van der Waals surface area contributed by atoms with Crippen LogP contribution in [0.3, 0.4) is 0 Å². The topological polar surface area (TPSA) is 80.7 Å². The van der Waals surface area contributed by atoms with Crippen molar-refractivity contribution < 1.29 is 0 Å². The molecular formula is C19H26N6. The number of piperidine rings is 1. The summed E-state index contributed by atoms with van der Waals surface area (Å²) in [5.74, 6) is 0. The fourth-order valence-corrected chi connectivity index (χ4v) is 4.11. The van der Waals surface area contributed by atoms with Crippen LogP contribution in [0.15, 0.2) is 24.7 Å². The standard InChI is InChI=1S/C19H26N6/c20-10-15(14-9-18-19(22-11-14)13-23-24-18)12-21-16-5-7-25(8-6-16)17-3-1-2-4-17/h9-13,16-17,20-21H,1-8H2,(H,23,24)/b15-12+,20-10?. The second-order valence-electron chi connectivity index (χ2n) is 7.19. The molecule has 0 atom stereocenters. The highest BCUT2D eigenvalue weighted by Gasteiger charge is 2.26. The number of allylic oxidation sites excluding steroid dienone is 1. The lowest BCUT2D eigenvalue weighted by Crippen LogP contribution is -2.44. The highest BCUT2D eigenvalue weighted by atomic mass is 15.2. The number of hydrogen-bond donors (Lipinski definition) is 3. The number of likely N-dealkylation sites (tertiary alicyclic amines) is 1. The lowest BCUT2D eigenvalue weighted by Gasteiger charge is -2.36. The predicted octanol–water partition coefficient (Wildman–Crippen LogP) is 2.94. The minimum atomic E-state index is 0.497. The molecule has 4 rings (SSSR count). The molecule has 25 heavy (non-hydrogen) atoms. The van der Waals surface area contributed by atoms with E-state index in [2.05, 4.69) is 25.4 Å². The molecular weight excluding hydrogens is 312 g/mol. The summed E-state index contributed by atoms with van der Waals surface area (Å²) in [4.78, 5) is 7.07. The van der Waals surface area contributed by atoms with Crippen LogP contribution in [0.2, 0.25) is 0 Å². The van der Waals surface area contributed by atoms with Crippen LogP contribution in [0, 0.1) is 5.41 Å². The lowest BCUT2D eigenvalue weighted by atomic mass is 10.0. The second kappa shape index (κ2) is 7.35. The van der Waals surface area contributed by atoms with Crippen molar-refractivity contribution in [3.8, 4) is 0 Å². The molecule has 0 radical (unpaired) electrons. The summed E-state index contributed by atoms with van der Waals surface area (Å²) < 4.78 is 0. The minimum absolute atomic E-state index is 0.497. The molecule has 2 aromatic rings. The largest absolute Gasteiger partial charge is 0.388 e. The molecule has 6 heteroatoms. The molecule has 0 spiro atoms. The smallest absolute Gasteiger partial charge is 0.108 e. The maximum absolute atomic E-state index is 7.74. The van der Waals surface area contributed by atoms with Gasteiger partial charge in [0.25, 0.3) is 0 Å². The quantitative estimate of drug-likeness (QED) is 0.732. The highest BCUT2D eigenvalue weighted by Crippen LogP contribution is 2.26. The molecule has 132 valence electrons. The first-order chi connectivity index (χ1) is 12.3. The molecule has 1 aliphatic carbocycles. The molecule has 2 aromatic heterocycles. The van der Waals surface area contributed by atoms with Crippen LogP contribution in [0.5, 0.6) is 0 Å². The van der Waals surface area contributed by atoms with E-state index in [0.29, 0.717) is 6.04 Å². The molecule has 0 amide bonds. The van der Waals surface area contributed by atoms with Gasteiger partial charge in [-0.3, -0.25) is 10.1 Å². The van der Waals surface area contributed by atoms with E-state index in [1.54, 1.807) is 12.4 Å². The van der Waals surface area contributed by atoms with Crippen molar-refractivity contribution >= 4 is 22.8 Å². The molecule has 0 bridgehead atoms. The number of aromatic nitrogens is 3. The van der Waals surface area contributed by atoms with Gasteiger partial charge in [0.15, 0.2) is 0 Å². The zero-order valence-electron chi connectivity index (χ0n) is 14.5. The zero-order chi connectivity index (χ0) is 17.1. The highest BCUT2D eigenvalue weighted by molar-refractivity contribution is 6.08. The number of nitrogens with zero attached hydrogens (tertiary/aromatic N) is 3. The van der Waals surface area contributed by atoms with Crippen molar-refractivity contribution in [3.63, 3.8) is 0 Å². The maximum Gasteiger partial charge on any atom is 0.108 e. The van der Waals surface area contributed by atoms with Crippen molar-refractivity contribution in [2.45, 2.75) is 50.6 Å². The molecule has 6 nitrogen and oxygen atoms in total. The number of pyridine rings is 1. The summed E-state index contributed by atoms with van der Waals surface area (Å²) in [5, 5.41) is 18.2. The summed E-state index contributed by atoms with van der Waals surface area (Å²) >= 11 is 0. The third kappa shape index (κ3) is 3.58. The summed E-state index contributed by atoms with van der Waals surface area (Å²) in [7, 11) is 0. The number of H-pyrrole nitrogens is 1. The Hall–Kier alpha value is -2.21. The van der Waals surface area contributed by atoms with Gasteiger partial charge in [-0.15, -0.1) is 0 Å². The first kappa shape index (κ1) is 16.3. The van der Waals surface area contributed by atoms with Crippen LogP contribution >= 0.6 is 0 Å². The Morgan fingerprint density at radius 1 is 1.20 bits per heavy atom. The van der Waals surface area contributed by atoms with Crippen molar-refractivity contribution in [3.05, 3.63) is 30.2 Å². The van der Waals surface area contributed by atoms with Crippen LogP contribution in [0.4, 0.5) is 0 Å². The van der Waals surface area contributed by atoms with Crippen molar-refractivity contribution in [2.24, 2.45) is 0 Å². The van der Waals surface area contributed by atoms with Gasteiger partial charge >= 0.3 is 0 Å². The lowest BCUT2D eigenvalue weighted by molar-refractivity contribution is 0.149. The molecule has 2 fully saturated rings. The summed E-state index contributed by atoms with van der Waals surface area (Å²) in [5.41, 5.74) is 3.53. The van der Waals surface area contributed by atoms with Gasteiger partial charge in [0, 0.05) is 54.9 Å². The Labute approximate surface area is 148 Å². The van der Waals surface area contributed by atoms with Crippen LogP contribution in [0.25, 0.3) is 16.6 Å². The fraction of sp³-hybridized carbons (Fsp3) is 0.526. The first-order valence-electron chi connectivity index (χ1n) is 9.34. The molecule has 3 N–H and O–H groups in total. The molecule has 2 aliphatic rings. The monoisotopic (exact) mass is 338 g/mol. The van der Waals surface area contributed by atoms with Crippen LogP contribution < -0.4 is 5.32 Å². The fourth-order valence-electron chi connectivity index (χ4n) is 4.11. The van der Waals surface area contributed by atoms with Gasteiger partial charge in [0.2, 0.25) is 0 Å². The summed E-state index contributed by atoms with van der Waals surface area (Å²) in [6, 6.07) is 3.33. The molecule has 1 saturated heterocycles. The van der Waals surface area contributed by atoms with E-state index in [4.69, 9.17) is 5.41 Å². The van der Waals surface area contributed by atoms with E-state index in [-0.39, 0.29) is 0 Å². The van der Waals surface area contributed by atoms with E-state index in [0.717, 1.165) is 28.2 Å². The third-order valence-corrected chi connectivity index (χ3v) is 5.62. The molecule has 3 heterocycles. The van der Waals surface area contributed by atoms with Gasteiger partial charge in [0.05, 0.1) is 11.7 Å². The van der Waals surface area contributed by atoms with Gasteiger partial charge in [-0.1, -0.05) is 12.8 Å². The number of rotatable bonds is 5. The Bertz CT molecular complexity index is 750. The molecule has 0 aromatic carbocycles. The molecule has 1 saturated carbocycles. The predicted molar refractivity (Wildman–Crippen MR) is 101 cm³/mol. The average Bonchev–Trinajstić information content (AvgIpc) is 3.34. The molecule has 0 unspecified atom stereocenters. The van der Waals surface area contributed by atoms with Gasteiger partial charge in [0.1, 0.15) is 5.52 Å². The van der Waals surface area contributed by atoms with Gasteiger partial charge < -0.3 is 15.6 Å². The minimum Gasteiger partial charge on any atom is -0.388 e. The van der Waals surface area contributed by atoms with Gasteiger partial charge in [-0.05, 0) is 31.7 Å². The van der Waals surface area contributed by atoms with E-state index in [1.165, 1.54) is 57.8 Å². The van der Waals surface area contributed by atoms with E-state index >= 15 is 0 Å². The zero-order valence-corrected chi connectivity index (χ0v) is 14.5. The number of hydrogen-bond acceptors (Lipinski definition) is 5. The van der Waals surface area contributed by atoms with Crippen LogP contribution in [-0.2, 0) is 0 Å². The molecule has 1 aliphatic heterocycles. The Morgan fingerprint density at radius 2 is 2.00 bits per heavy atom. The number of fused-ring (bicyclic) bond motifs is 1. The average molecular weight is 338 g/mol. The first-order valence-corrected chi connectivity index (χ1v) is 9.34. The van der Waals surface area contributed by atoms with Gasteiger partial charge in [-0.2, -0.15) is 5.10 Å². The SMILES string of the molecule is N=C/C(=C\NC1CCN(C2CCCC2)CC1)c1cnc2cn[nH]c2c1. The van der Waals surface area contributed by atoms with Crippen LogP contribution in [0.1, 0.15) is 44.1 Å². The number of nitrogens with one attached hydrogen (secondary N) is 3. The normalized spacial score (nSPS) is 21.0. The van der Waals surface area contributed by atoms with Crippen molar-refractivity contribution in [2.75, 3.05) is 13.1 Å². The summed E-state index contributed by atoms with van der Waals surface area (Å²) in [6.45, 7) is 2.38. The van der Waals surface area contributed by atoms with E-state index in [9.17, 15) is 0 Å². The third-order valence-electron chi connectivity index (χ3n) is 5.62.